The van der Waals surface area contributed by atoms with Crippen LogP contribution >= 0.6 is 0 Å². The van der Waals surface area contributed by atoms with Crippen LogP contribution in [-0.4, -0.2) is 30.7 Å². The fourth-order valence-electron chi connectivity index (χ4n) is 1.62. The zero-order valence-corrected chi connectivity index (χ0v) is 9.47. The predicted molar refractivity (Wildman–Crippen MR) is 59.8 cm³/mol. The number of amides is 1. The second kappa shape index (κ2) is 4.74. The summed E-state index contributed by atoms with van der Waals surface area (Å²) >= 11 is 0. The molecule has 0 aliphatic carbocycles. The summed E-state index contributed by atoms with van der Waals surface area (Å²) in [6.45, 7) is 2.61. The van der Waals surface area contributed by atoms with Crippen molar-refractivity contribution >= 4 is 5.91 Å². The summed E-state index contributed by atoms with van der Waals surface area (Å²) < 4.78 is 10.4. The molecule has 5 nitrogen and oxygen atoms in total. The molecule has 0 unspecified atom stereocenters. The largest absolute Gasteiger partial charge is 0.454 e. The van der Waals surface area contributed by atoms with Gasteiger partial charge in [-0.3, -0.25) is 4.79 Å². The van der Waals surface area contributed by atoms with E-state index in [0.29, 0.717) is 23.6 Å². The van der Waals surface area contributed by atoms with E-state index in [4.69, 9.17) is 14.7 Å². The molecule has 0 aromatic heterocycles. The molecule has 0 N–H and O–H groups in total. The number of hydrogen-bond donors (Lipinski definition) is 0. The molecule has 1 aromatic rings. The number of hydrogen-bond acceptors (Lipinski definition) is 4. The summed E-state index contributed by atoms with van der Waals surface area (Å²) in [6, 6.07) is 7.00. The maximum absolute atomic E-state index is 12.0. The quantitative estimate of drug-likeness (QED) is 0.739. The van der Waals surface area contributed by atoms with Gasteiger partial charge in [0.1, 0.15) is 6.54 Å². The molecule has 1 amide bonds. The SMILES string of the molecule is CCN(CC#N)C(=O)c1ccc2c(c1)OCO2. The molecule has 0 saturated carbocycles. The van der Waals surface area contributed by atoms with Crippen molar-refractivity contribution in [1.29, 1.82) is 5.26 Å². The van der Waals surface area contributed by atoms with Crippen LogP contribution in [0.25, 0.3) is 0 Å². The van der Waals surface area contributed by atoms with Crippen LogP contribution in [0.3, 0.4) is 0 Å². The fraction of sp³-hybridized carbons (Fsp3) is 0.333. The van der Waals surface area contributed by atoms with Gasteiger partial charge >= 0.3 is 0 Å². The van der Waals surface area contributed by atoms with E-state index < -0.39 is 0 Å². The molecule has 1 aliphatic rings. The lowest BCUT2D eigenvalue weighted by Crippen LogP contribution is -2.31. The first-order valence-corrected chi connectivity index (χ1v) is 5.32. The van der Waals surface area contributed by atoms with Crippen LogP contribution in [0, 0.1) is 11.3 Å². The maximum Gasteiger partial charge on any atom is 0.254 e. The highest BCUT2D eigenvalue weighted by Crippen LogP contribution is 2.32. The minimum Gasteiger partial charge on any atom is -0.454 e. The van der Waals surface area contributed by atoms with Crippen molar-refractivity contribution in [3.8, 4) is 17.6 Å². The topological polar surface area (TPSA) is 62.6 Å². The van der Waals surface area contributed by atoms with Crippen molar-refractivity contribution in [2.24, 2.45) is 0 Å². The van der Waals surface area contributed by atoms with E-state index in [1.165, 1.54) is 4.90 Å². The average Bonchev–Trinajstić information content (AvgIpc) is 2.82. The van der Waals surface area contributed by atoms with Crippen molar-refractivity contribution in [2.45, 2.75) is 6.92 Å². The van der Waals surface area contributed by atoms with Gasteiger partial charge in [-0.1, -0.05) is 0 Å². The van der Waals surface area contributed by atoms with E-state index in [0.717, 1.165) is 0 Å². The molecule has 0 atom stereocenters. The first-order valence-electron chi connectivity index (χ1n) is 5.32. The molecule has 0 spiro atoms. The van der Waals surface area contributed by atoms with E-state index in [9.17, 15) is 4.79 Å². The molecule has 2 rings (SSSR count). The zero-order valence-electron chi connectivity index (χ0n) is 9.47. The van der Waals surface area contributed by atoms with Gasteiger partial charge in [-0.05, 0) is 25.1 Å². The second-order valence-electron chi connectivity index (χ2n) is 3.55. The van der Waals surface area contributed by atoms with Crippen molar-refractivity contribution in [2.75, 3.05) is 19.9 Å². The second-order valence-corrected chi connectivity index (χ2v) is 3.55. The minimum absolute atomic E-state index is 0.0871. The van der Waals surface area contributed by atoms with E-state index in [-0.39, 0.29) is 19.2 Å². The van der Waals surface area contributed by atoms with Gasteiger partial charge in [-0.25, -0.2) is 0 Å². The lowest BCUT2D eigenvalue weighted by Gasteiger charge is -2.17. The van der Waals surface area contributed by atoms with E-state index >= 15 is 0 Å². The smallest absolute Gasteiger partial charge is 0.254 e. The van der Waals surface area contributed by atoms with Crippen LogP contribution in [0.4, 0.5) is 0 Å². The highest BCUT2D eigenvalue weighted by molar-refractivity contribution is 5.95. The van der Waals surface area contributed by atoms with E-state index in [1.54, 1.807) is 18.2 Å². The Hall–Kier alpha value is -2.22. The first-order chi connectivity index (χ1) is 8.26. The standard InChI is InChI=1S/C12H12N2O3/c1-2-14(6-5-13)12(15)9-3-4-10-11(7-9)17-8-16-10/h3-4,7H,2,6,8H2,1H3. The summed E-state index contributed by atoms with van der Waals surface area (Å²) in [6.07, 6.45) is 0. The Morgan fingerprint density at radius 3 is 2.94 bits per heavy atom. The zero-order chi connectivity index (χ0) is 12.3. The van der Waals surface area contributed by atoms with Crippen molar-refractivity contribution in [3.63, 3.8) is 0 Å². The number of nitriles is 1. The van der Waals surface area contributed by atoms with Crippen LogP contribution in [0.15, 0.2) is 18.2 Å². The number of nitrogens with zero attached hydrogens (tertiary/aromatic N) is 2. The fourth-order valence-corrected chi connectivity index (χ4v) is 1.62. The Kier molecular flexibility index (Phi) is 3.15. The molecule has 5 heteroatoms. The molecule has 0 radical (unpaired) electrons. The van der Waals surface area contributed by atoms with Crippen molar-refractivity contribution in [1.82, 2.24) is 4.90 Å². The minimum atomic E-state index is -0.174. The Morgan fingerprint density at radius 2 is 2.24 bits per heavy atom. The van der Waals surface area contributed by atoms with Crippen LogP contribution in [-0.2, 0) is 0 Å². The Morgan fingerprint density at radius 1 is 1.47 bits per heavy atom. The number of benzene rings is 1. The first kappa shape index (κ1) is 11.3. The number of carbonyl (C=O) groups is 1. The number of carbonyl (C=O) groups excluding carboxylic acids is 1. The van der Waals surface area contributed by atoms with Gasteiger partial charge in [-0.15, -0.1) is 0 Å². The van der Waals surface area contributed by atoms with E-state index in [2.05, 4.69) is 0 Å². The normalized spacial score (nSPS) is 12.0. The van der Waals surface area contributed by atoms with Gasteiger partial charge in [0.2, 0.25) is 6.79 Å². The lowest BCUT2D eigenvalue weighted by molar-refractivity contribution is 0.0783. The monoisotopic (exact) mass is 232 g/mol. The van der Waals surface area contributed by atoms with Crippen LogP contribution in [0.2, 0.25) is 0 Å². The Labute approximate surface area is 99.2 Å². The van der Waals surface area contributed by atoms with Gasteiger partial charge in [-0.2, -0.15) is 5.26 Å². The van der Waals surface area contributed by atoms with Gasteiger partial charge in [0.25, 0.3) is 5.91 Å². The summed E-state index contributed by atoms with van der Waals surface area (Å²) in [5, 5.41) is 8.63. The molecular weight excluding hydrogens is 220 g/mol. The third-order valence-corrected chi connectivity index (χ3v) is 2.55. The summed E-state index contributed by atoms with van der Waals surface area (Å²) in [5.74, 6) is 1.04. The molecule has 17 heavy (non-hydrogen) atoms. The molecule has 1 aliphatic heterocycles. The third-order valence-electron chi connectivity index (χ3n) is 2.55. The maximum atomic E-state index is 12.0. The Bertz CT molecular complexity index is 479. The van der Waals surface area contributed by atoms with Crippen LogP contribution in [0.5, 0.6) is 11.5 Å². The molecule has 88 valence electrons. The number of ether oxygens (including phenoxy) is 2. The number of fused-ring (bicyclic) bond motifs is 1. The van der Waals surface area contributed by atoms with Gasteiger partial charge in [0.15, 0.2) is 11.5 Å². The van der Waals surface area contributed by atoms with Gasteiger partial charge in [0.05, 0.1) is 6.07 Å². The number of rotatable bonds is 3. The van der Waals surface area contributed by atoms with E-state index in [1.807, 2.05) is 13.0 Å². The molecule has 1 aromatic carbocycles. The van der Waals surface area contributed by atoms with Crippen LogP contribution in [0.1, 0.15) is 17.3 Å². The highest BCUT2D eigenvalue weighted by atomic mass is 16.7. The van der Waals surface area contributed by atoms with Crippen molar-refractivity contribution in [3.05, 3.63) is 23.8 Å². The lowest BCUT2D eigenvalue weighted by atomic mass is 10.1. The summed E-state index contributed by atoms with van der Waals surface area (Å²) in [5.41, 5.74) is 0.506. The average molecular weight is 232 g/mol. The molecule has 1 heterocycles. The van der Waals surface area contributed by atoms with Gasteiger partial charge < -0.3 is 14.4 Å². The van der Waals surface area contributed by atoms with Crippen LogP contribution < -0.4 is 9.47 Å². The predicted octanol–water partition coefficient (Wildman–Crippen LogP) is 1.40. The molecular formula is C12H12N2O3. The molecule has 0 saturated heterocycles. The molecule has 0 fully saturated rings. The summed E-state index contributed by atoms with van der Waals surface area (Å²) in [4.78, 5) is 13.5. The molecule has 0 bridgehead atoms. The Balaban J connectivity index is 2.22. The van der Waals surface area contributed by atoms with Crippen molar-refractivity contribution < 1.29 is 14.3 Å². The summed E-state index contributed by atoms with van der Waals surface area (Å²) in [7, 11) is 0. The highest BCUT2D eigenvalue weighted by Gasteiger charge is 2.19. The third kappa shape index (κ3) is 2.16. The van der Waals surface area contributed by atoms with Gasteiger partial charge in [0, 0.05) is 12.1 Å².